The molecule has 0 spiro atoms. The molecule has 0 aromatic heterocycles. The average Bonchev–Trinajstić information content (AvgIpc) is 2.70. The van der Waals surface area contributed by atoms with Crippen molar-refractivity contribution in [1.29, 1.82) is 0 Å². The third-order valence-corrected chi connectivity index (χ3v) is 3.20. The minimum absolute atomic E-state index is 0.0375. The van der Waals surface area contributed by atoms with Gasteiger partial charge in [-0.05, 0) is 31.6 Å². The van der Waals surface area contributed by atoms with Crippen molar-refractivity contribution < 1.29 is 9.53 Å². The van der Waals surface area contributed by atoms with Gasteiger partial charge in [0.1, 0.15) is 6.10 Å². The predicted octanol–water partition coefficient (Wildman–Crippen LogP) is 2.35. The van der Waals surface area contributed by atoms with Crippen LogP contribution in [0.25, 0.3) is 0 Å². The molecule has 1 saturated carbocycles. The fraction of sp³-hybridized carbons (Fsp3) is 0.923. The van der Waals surface area contributed by atoms with Gasteiger partial charge in [0.15, 0.2) is 0 Å². The lowest BCUT2D eigenvalue weighted by atomic mass is 10.1. The van der Waals surface area contributed by atoms with Crippen LogP contribution in [0.1, 0.15) is 46.5 Å². The maximum atomic E-state index is 11.8. The van der Waals surface area contributed by atoms with E-state index in [0.29, 0.717) is 12.5 Å². The minimum Gasteiger partial charge on any atom is -0.368 e. The zero-order valence-electron chi connectivity index (χ0n) is 10.8. The lowest BCUT2D eigenvalue weighted by Gasteiger charge is -2.22. The summed E-state index contributed by atoms with van der Waals surface area (Å²) in [5.41, 5.74) is 0. The Morgan fingerprint density at radius 3 is 2.50 bits per heavy atom. The van der Waals surface area contributed by atoms with Gasteiger partial charge in [0.2, 0.25) is 5.91 Å². The number of likely N-dealkylation sites (N-methyl/N-ethyl adjacent to an activating group) is 1. The molecule has 1 amide bonds. The summed E-state index contributed by atoms with van der Waals surface area (Å²) in [6, 6.07) is 0. The summed E-state index contributed by atoms with van der Waals surface area (Å²) in [5.74, 6) is 0.958. The normalized spacial score (nSPS) is 19.0. The summed E-state index contributed by atoms with van der Waals surface area (Å²) in [6.07, 6.45) is 4.89. The van der Waals surface area contributed by atoms with Crippen molar-refractivity contribution in [2.24, 2.45) is 11.8 Å². The first-order chi connectivity index (χ1) is 7.65. The first-order valence-corrected chi connectivity index (χ1v) is 6.54. The Morgan fingerprint density at radius 1 is 1.38 bits per heavy atom. The Kier molecular flexibility index (Phi) is 5.81. The maximum Gasteiger partial charge on any atom is 0.249 e. The van der Waals surface area contributed by atoms with Gasteiger partial charge in [0.05, 0.1) is 6.61 Å². The Bertz CT molecular complexity index is 210. The van der Waals surface area contributed by atoms with Crippen molar-refractivity contribution in [2.75, 3.05) is 13.2 Å². The van der Waals surface area contributed by atoms with Crippen LogP contribution in [-0.2, 0) is 9.53 Å². The van der Waals surface area contributed by atoms with Crippen LogP contribution in [0.5, 0.6) is 0 Å². The highest BCUT2D eigenvalue weighted by Gasteiger charge is 2.24. The number of amides is 1. The van der Waals surface area contributed by atoms with Crippen molar-refractivity contribution in [3.8, 4) is 0 Å². The molecule has 1 atom stereocenters. The van der Waals surface area contributed by atoms with Crippen molar-refractivity contribution in [2.45, 2.75) is 52.6 Å². The Morgan fingerprint density at radius 2 is 2.00 bits per heavy atom. The summed E-state index contributed by atoms with van der Waals surface area (Å²) in [5, 5.41) is 2.84. The molecule has 0 saturated heterocycles. The number of rotatable bonds is 6. The van der Waals surface area contributed by atoms with Gasteiger partial charge >= 0.3 is 0 Å². The Balaban J connectivity index is 2.34. The van der Waals surface area contributed by atoms with Crippen molar-refractivity contribution in [3.63, 3.8) is 0 Å². The predicted molar refractivity (Wildman–Crippen MR) is 65.2 cm³/mol. The Hall–Kier alpha value is -0.570. The highest BCUT2D eigenvalue weighted by atomic mass is 16.5. The van der Waals surface area contributed by atoms with Crippen LogP contribution in [0, 0.1) is 11.8 Å². The minimum atomic E-state index is -0.277. The standard InChI is InChI=1S/C13H25NO2/c1-4-14-13(15)12(10(2)3)16-9-11-7-5-6-8-11/h10-12H,4-9H2,1-3H3,(H,14,15). The topological polar surface area (TPSA) is 38.3 Å². The quantitative estimate of drug-likeness (QED) is 0.756. The highest BCUT2D eigenvalue weighted by Crippen LogP contribution is 2.25. The molecule has 94 valence electrons. The largest absolute Gasteiger partial charge is 0.368 e. The molecule has 0 bridgehead atoms. The first-order valence-electron chi connectivity index (χ1n) is 6.54. The summed E-state index contributed by atoms with van der Waals surface area (Å²) >= 11 is 0. The lowest BCUT2D eigenvalue weighted by Crippen LogP contribution is -2.40. The second-order valence-corrected chi connectivity index (χ2v) is 5.04. The van der Waals surface area contributed by atoms with E-state index in [9.17, 15) is 4.79 Å². The van der Waals surface area contributed by atoms with E-state index in [4.69, 9.17) is 4.74 Å². The van der Waals surface area contributed by atoms with Crippen molar-refractivity contribution >= 4 is 5.91 Å². The van der Waals surface area contributed by atoms with Gasteiger partial charge in [-0.15, -0.1) is 0 Å². The third-order valence-electron chi connectivity index (χ3n) is 3.20. The maximum absolute atomic E-state index is 11.8. The molecule has 1 N–H and O–H groups in total. The van der Waals surface area contributed by atoms with Gasteiger partial charge in [-0.3, -0.25) is 4.79 Å². The van der Waals surface area contributed by atoms with Crippen LogP contribution in [0.3, 0.4) is 0 Å². The summed E-state index contributed by atoms with van der Waals surface area (Å²) in [7, 11) is 0. The number of ether oxygens (including phenoxy) is 1. The molecule has 0 aromatic rings. The first kappa shape index (κ1) is 13.5. The SMILES string of the molecule is CCNC(=O)C(OCC1CCCC1)C(C)C. The van der Waals surface area contributed by atoms with E-state index in [1.807, 2.05) is 20.8 Å². The Labute approximate surface area is 98.9 Å². The molecular formula is C13H25NO2. The second kappa shape index (κ2) is 6.89. The molecule has 3 nitrogen and oxygen atoms in total. The van der Waals surface area contributed by atoms with Crippen LogP contribution in [0.2, 0.25) is 0 Å². The van der Waals surface area contributed by atoms with Gasteiger partial charge < -0.3 is 10.1 Å². The average molecular weight is 227 g/mol. The van der Waals surface area contributed by atoms with E-state index < -0.39 is 0 Å². The molecule has 0 heterocycles. The molecular weight excluding hydrogens is 202 g/mol. The van der Waals surface area contributed by atoms with Crippen LogP contribution in [0.4, 0.5) is 0 Å². The summed E-state index contributed by atoms with van der Waals surface area (Å²) in [4.78, 5) is 11.8. The van der Waals surface area contributed by atoms with Gasteiger partial charge in [0.25, 0.3) is 0 Å². The third kappa shape index (κ3) is 4.12. The molecule has 1 aliphatic rings. The second-order valence-electron chi connectivity index (χ2n) is 5.04. The molecule has 1 aliphatic carbocycles. The molecule has 0 aromatic carbocycles. The monoisotopic (exact) mass is 227 g/mol. The number of carbonyl (C=O) groups is 1. The molecule has 0 radical (unpaired) electrons. The smallest absolute Gasteiger partial charge is 0.249 e. The molecule has 1 unspecified atom stereocenters. The van der Waals surface area contributed by atoms with Crippen molar-refractivity contribution in [3.05, 3.63) is 0 Å². The summed E-state index contributed by atoms with van der Waals surface area (Å²) < 4.78 is 5.79. The van der Waals surface area contributed by atoms with E-state index in [1.165, 1.54) is 25.7 Å². The number of hydrogen-bond donors (Lipinski definition) is 1. The lowest BCUT2D eigenvalue weighted by molar-refractivity contribution is -0.136. The van der Waals surface area contributed by atoms with Gasteiger partial charge in [-0.25, -0.2) is 0 Å². The van der Waals surface area contributed by atoms with Gasteiger partial charge in [-0.2, -0.15) is 0 Å². The molecule has 1 fully saturated rings. The zero-order valence-corrected chi connectivity index (χ0v) is 10.8. The summed E-state index contributed by atoms with van der Waals surface area (Å²) in [6.45, 7) is 7.43. The fourth-order valence-corrected chi connectivity index (χ4v) is 2.26. The number of carbonyl (C=O) groups excluding carboxylic acids is 1. The van der Waals surface area contributed by atoms with E-state index in [-0.39, 0.29) is 17.9 Å². The molecule has 3 heteroatoms. The number of nitrogens with one attached hydrogen (secondary N) is 1. The highest BCUT2D eigenvalue weighted by molar-refractivity contribution is 5.80. The molecule has 16 heavy (non-hydrogen) atoms. The van der Waals surface area contributed by atoms with Gasteiger partial charge in [0, 0.05) is 6.54 Å². The van der Waals surface area contributed by atoms with Crippen LogP contribution >= 0.6 is 0 Å². The van der Waals surface area contributed by atoms with E-state index in [2.05, 4.69) is 5.32 Å². The van der Waals surface area contributed by atoms with Crippen LogP contribution in [-0.4, -0.2) is 25.2 Å². The molecule has 0 aliphatic heterocycles. The van der Waals surface area contributed by atoms with Gasteiger partial charge in [-0.1, -0.05) is 26.7 Å². The fourth-order valence-electron chi connectivity index (χ4n) is 2.26. The van der Waals surface area contributed by atoms with Crippen molar-refractivity contribution in [1.82, 2.24) is 5.32 Å². The molecule has 1 rings (SSSR count). The van der Waals surface area contributed by atoms with E-state index in [0.717, 1.165) is 6.61 Å². The van der Waals surface area contributed by atoms with E-state index in [1.54, 1.807) is 0 Å². The van der Waals surface area contributed by atoms with Crippen LogP contribution < -0.4 is 5.32 Å². The van der Waals surface area contributed by atoms with E-state index >= 15 is 0 Å². The number of hydrogen-bond acceptors (Lipinski definition) is 2. The van der Waals surface area contributed by atoms with Crippen LogP contribution in [0.15, 0.2) is 0 Å². The zero-order chi connectivity index (χ0) is 12.0.